The van der Waals surface area contributed by atoms with E-state index in [1.54, 1.807) is 0 Å². The molecular formula is C8H18N2O3. The van der Waals surface area contributed by atoms with Gasteiger partial charge in [-0.25, -0.2) is 0 Å². The van der Waals surface area contributed by atoms with Crippen molar-refractivity contribution in [3.8, 4) is 0 Å². The van der Waals surface area contributed by atoms with Gasteiger partial charge in [0.1, 0.15) is 12.2 Å². The molecule has 6 N–H and O–H groups in total. The Morgan fingerprint density at radius 3 is 1.62 bits per heavy atom. The SMILES string of the molecule is NCC[C@H]1O[C@H](CCN)[C@@H](O)[C@@H]1O. The maximum Gasteiger partial charge on any atom is 0.109 e. The molecule has 0 aromatic heterocycles. The van der Waals surface area contributed by atoms with Gasteiger partial charge in [-0.2, -0.15) is 0 Å². The zero-order valence-electron chi connectivity index (χ0n) is 7.60. The molecule has 4 atom stereocenters. The summed E-state index contributed by atoms with van der Waals surface area (Å²) < 4.78 is 5.41. The monoisotopic (exact) mass is 190 g/mol. The molecule has 0 aromatic rings. The van der Waals surface area contributed by atoms with Gasteiger partial charge in [-0.3, -0.25) is 0 Å². The number of ether oxygens (including phenoxy) is 1. The summed E-state index contributed by atoms with van der Waals surface area (Å²) in [5.74, 6) is 0. The van der Waals surface area contributed by atoms with Crippen LogP contribution in [0, 0.1) is 0 Å². The van der Waals surface area contributed by atoms with Crippen molar-refractivity contribution in [2.24, 2.45) is 11.5 Å². The van der Waals surface area contributed by atoms with Crippen LogP contribution >= 0.6 is 0 Å². The second-order valence-electron chi connectivity index (χ2n) is 3.35. The second-order valence-corrected chi connectivity index (χ2v) is 3.35. The van der Waals surface area contributed by atoms with Crippen LogP contribution in [0.5, 0.6) is 0 Å². The van der Waals surface area contributed by atoms with Gasteiger partial charge in [-0.05, 0) is 25.9 Å². The van der Waals surface area contributed by atoms with Crippen molar-refractivity contribution in [2.75, 3.05) is 13.1 Å². The third kappa shape index (κ3) is 2.38. The Bertz CT molecular complexity index is 140. The number of rotatable bonds is 4. The molecular weight excluding hydrogens is 172 g/mol. The van der Waals surface area contributed by atoms with Crippen molar-refractivity contribution in [1.82, 2.24) is 0 Å². The summed E-state index contributed by atoms with van der Waals surface area (Å²) in [6.07, 6.45) is -1.17. The highest BCUT2D eigenvalue weighted by molar-refractivity contribution is 4.90. The molecule has 1 saturated heterocycles. The zero-order valence-corrected chi connectivity index (χ0v) is 7.60. The summed E-state index contributed by atoms with van der Waals surface area (Å²) in [6.45, 7) is 0.896. The number of hydrogen-bond donors (Lipinski definition) is 4. The minimum Gasteiger partial charge on any atom is -0.388 e. The first kappa shape index (κ1) is 10.9. The normalized spacial score (nSPS) is 39.7. The molecule has 5 heteroatoms. The van der Waals surface area contributed by atoms with Crippen molar-refractivity contribution in [1.29, 1.82) is 0 Å². The first-order valence-corrected chi connectivity index (χ1v) is 4.62. The molecule has 0 unspecified atom stereocenters. The first-order chi connectivity index (χ1) is 6.20. The molecule has 0 aromatic carbocycles. The minimum atomic E-state index is -0.819. The van der Waals surface area contributed by atoms with Crippen LogP contribution in [-0.4, -0.2) is 47.7 Å². The standard InChI is InChI=1S/C8H18N2O3/c9-3-1-5-7(11)8(12)6(13-5)2-4-10/h5-8,11-12H,1-4,9-10H2/t5-,6-,7-,8-/m1/s1. The third-order valence-electron chi connectivity index (χ3n) is 2.36. The zero-order chi connectivity index (χ0) is 9.84. The quantitative estimate of drug-likeness (QED) is 0.418. The molecule has 1 rings (SSSR count). The molecule has 1 heterocycles. The van der Waals surface area contributed by atoms with Crippen molar-refractivity contribution < 1.29 is 14.9 Å². The number of hydrogen-bond acceptors (Lipinski definition) is 5. The van der Waals surface area contributed by atoms with Crippen LogP contribution in [0.25, 0.3) is 0 Å². The summed E-state index contributed by atoms with van der Waals surface area (Å²) in [7, 11) is 0. The Balaban J connectivity index is 2.45. The summed E-state index contributed by atoms with van der Waals surface area (Å²) in [4.78, 5) is 0. The van der Waals surface area contributed by atoms with Gasteiger partial charge in [0.15, 0.2) is 0 Å². The van der Waals surface area contributed by atoms with E-state index in [0.717, 1.165) is 0 Å². The van der Waals surface area contributed by atoms with Gasteiger partial charge in [0.05, 0.1) is 12.2 Å². The van der Waals surface area contributed by atoms with Crippen molar-refractivity contribution in [3.05, 3.63) is 0 Å². The molecule has 0 spiro atoms. The highest BCUT2D eigenvalue weighted by Gasteiger charge is 2.41. The highest BCUT2D eigenvalue weighted by Crippen LogP contribution is 2.24. The lowest BCUT2D eigenvalue weighted by atomic mass is 10.0. The summed E-state index contributed by atoms with van der Waals surface area (Å²) in [5, 5.41) is 19.0. The van der Waals surface area contributed by atoms with Crippen LogP contribution in [-0.2, 0) is 4.74 Å². The maximum atomic E-state index is 9.51. The summed E-state index contributed by atoms with van der Waals surface area (Å²) in [6, 6.07) is 0. The fraction of sp³-hybridized carbons (Fsp3) is 1.00. The van der Waals surface area contributed by atoms with Gasteiger partial charge in [-0.15, -0.1) is 0 Å². The fourth-order valence-electron chi connectivity index (χ4n) is 1.63. The van der Waals surface area contributed by atoms with E-state index in [1.807, 2.05) is 0 Å². The molecule has 5 nitrogen and oxygen atoms in total. The molecule has 0 radical (unpaired) electrons. The lowest BCUT2D eigenvalue weighted by Gasteiger charge is -2.12. The Hall–Kier alpha value is -0.200. The summed E-state index contributed by atoms with van der Waals surface area (Å²) >= 11 is 0. The highest BCUT2D eigenvalue weighted by atomic mass is 16.5. The molecule has 0 saturated carbocycles. The molecule has 13 heavy (non-hydrogen) atoms. The van der Waals surface area contributed by atoms with E-state index >= 15 is 0 Å². The predicted octanol–water partition coefficient (Wildman–Crippen LogP) is -1.83. The maximum absolute atomic E-state index is 9.51. The average molecular weight is 190 g/mol. The van der Waals surface area contributed by atoms with E-state index in [-0.39, 0.29) is 12.2 Å². The van der Waals surface area contributed by atoms with Crippen LogP contribution in [0.15, 0.2) is 0 Å². The average Bonchev–Trinajstić information content (AvgIpc) is 2.36. The van der Waals surface area contributed by atoms with Gasteiger partial charge in [0, 0.05) is 0 Å². The van der Waals surface area contributed by atoms with E-state index in [1.165, 1.54) is 0 Å². The Morgan fingerprint density at radius 1 is 0.923 bits per heavy atom. The third-order valence-corrected chi connectivity index (χ3v) is 2.36. The van der Waals surface area contributed by atoms with Gasteiger partial charge >= 0.3 is 0 Å². The van der Waals surface area contributed by atoms with Gasteiger partial charge in [0.25, 0.3) is 0 Å². The van der Waals surface area contributed by atoms with E-state index in [4.69, 9.17) is 16.2 Å². The van der Waals surface area contributed by atoms with Crippen LogP contribution in [0.1, 0.15) is 12.8 Å². The number of nitrogens with two attached hydrogens (primary N) is 2. The Kier molecular flexibility index (Phi) is 4.08. The van der Waals surface area contributed by atoms with E-state index < -0.39 is 12.2 Å². The van der Waals surface area contributed by atoms with Crippen LogP contribution in [0.4, 0.5) is 0 Å². The largest absolute Gasteiger partial charge is 0.388 e. The van der Waals surface area contributed by atoms with E-state index in [0.29, 0.717) is 25.9 Å². The van der Waals surface area contributed by atoms with Crippen molar-refractivity contribution in [2.45, 2.75) is 37.3 Å². The summed E-state index contributed by atoms with van der Waals surface area (Å²) in [5.41, 5.74) is 10.7. The molecule has 1 aliphatic rings. The topological polar surface area (TPSA) is 102 Å². The first-order valence-electron chi connectivity index (χ1n) is 4.62. The van der Waals surface area contributed by atoms with Crippen LogP contribution < -0.4 is 11.5 Å². The fourth-order valence-corrected chi connectivity index (χ4v) is 1.63. The lowest BCUT2D eigenvalue weighted by molar-refractivity contribution is 0.00296. The number of aliphatic hydroxyl groups is 2. The smallest absolute Gasteiger partial charge is 0.109 e. The van der Waals surface area contributed by atoms with E-state index in [2.05, 4.69) is 0 Å². The van der Waals surface area contributed by atoms with Crippen LogP contribution in [0.3, 0.4) is 0 Å². The molecule has 1 aliphatic heterocycles. The Morgan fingerprint density at radius 2 is 1.31 bits per heavy atom. The second kappa shape index (κ2) is 4.88. The molecule has 0 aliphatic carbocycles. The van der Waals surface area contributed by atoms with E-state index in [9.17, 15) is 10.2 Å². The predicted molar refractivity (Wildman–Crippen MR) is 48.0 cm³/mol. The molecule has 1 fully saturated rings. The minimum absolute atomic E-state index is 0.337. The van der Waals surface area contributed by atoms with Crippen molar-refractivity contribution >= 4 is 0 Å². The van der Waals surface area contributed by atoms with Crippen molar-refractivity contribution in [3.63, 3.8) is 0 Å². The Labute approximate surface area is 77.7 Å². The van der Waals surface area contributed by atoms with Crippen LogP contribution in [0.2, 0.25) is 0 Å². The van der Waals surface area contributed by atoms with Gasteiger partial charge < -0.3 is 26.4 Å². The van der Waals surface area contributed by atoms with Gasteiger partial charge in [-0.1, -0.05) is 0 Å². The van der Waals surface area contributed by atoms with Gasteiger partial charge in [0.2, 0.25) is 0 Å². The lowest BCUT2D eigenvalue weighted by Crippen LogP contribution is -2.33. The molecule has 0 bridgehead atoms. The number of aliphatic hydroxyl groups excluding tert-OH is 2. The molecule has 0 amide bonds. The molecule has 78 valence electrons.